The van der Waals surface area contributed by atoms with Crippen LogP contribution in [-0.4, -0.2) is 33.2 Å². The van der Waals surface area contributed by atoms with E-state index in [-0.39, 0.29) is 12.1 Å². The minimum Gasteiger partial charge on any atom is -0.338 e. The highest BCUT2D eigenvalue weighted by Gasteiger charge is 2.06. The first-order valence-electron chi connectivity index (χ1n) is 6.63. The number of pyridine rings is 1. The van der Waals surface area contributed by atoms with E-state index in [2.05, 4.69) is 20.6 Å². The van der Waals surface area contributed by atoms with Crippen molar-refractivity contribution in [2.45, 2.75) is 25.9 Å². The number of rotatable bonds is 6. The molecule has 6 heteroatoms. The summed E-state index contributed by atoms with van der Waals surface area (Å²) in [5.41, 5.74) is 1.11. The van der Waals surface area contributed by atoms with Gasteiger partial charge >= 0.3 is 6.03 Å². The zero-order chi connectivity index (χ0) is 14.2. The van der Waals surface area contributed by atoms with E-state index < -0.39 is 0 Å². The van der Waals surface area contributed by atoms with Crippen LogP contribution in [-0.2, 0) is 13.0 Å². The van der Waals surface area contributed by atoms with Crippen molar-refractivity contribution in [3.8, 4) is 0 Å². The van der Waals surface area contributed by atoms with Crippen LogP contribution in [0.25, 0.3) is 0 Å². The summed E-state index contributed by atoms with van der Waals surface area (Å²) in [5, 5.41) is 5.73. The second kappa shape index (κ2) is 7.28. The maximum atomic E-state index is 11.7. The molecule has 20 heavy (non-hydrogen) atoms. The van der Waals surface area contributed by atoms with E-state index in [0.29, 0.717) is 13.1 Å². The minimum atomic E-state index is -0.151. The number of imidazole rings is 1. The van der Waals surface area contributed by atoms with Gasteiger partial charge in [0.2, 0.25) is 0 Å². The van der Waals surface area contributed by atoms with E-state index in [1.165, 1.54) is 0 Å². The standard InChI is InChI=1S/C14H19N5O/c1-12(10-19-8-7-16-11-19)18-14(20)17-6-4-13-3-2-5-15-9-13/h2-3,5,7-9,11-12H,4,6,10H2,1H3,(H2,17,18,20)/t12-/m1/s1. The van der Waals surface area contributed by atoms with Crippen LogP contribution < -0.4 is 10.6 Å². The maximum Gasteiger partial charge on any atom is 0.315 e. The SMILES string of the molecule is C[C@H](Cn1ccnc1)NC(=O)NCCc1cccnc1. The molecule has 2 amide bonds. The molecular weight excluding hydrogens is 254 g/mol. The van der Waals surface area contributed by atoms with Crippen molar-refractivity contribution in [3.63, 3.8) is 0 Å². The fourth-order valence-electron chi connectivity index (χ4n) is 1.90. The molecule has 2 N–H and O–H groups in total. The van der Waals surface area contributed by atoms with E-state index in [0.717, 1.165) is 12.0 Å². The third kappa shape index (κ3) is 4.72. The summed E-state index contributed by atoms with van der Waals surface area (Å²) in [4.78, 5) is 19.7. The highest BCUT2D eigenvalue weighted by Crippen LogP contribution is 1.95. The van der Waals surface area contributed by atoms with Crippen molar-refractivity contribution in [2.24, 2.45) is 0 Å². The monoisotopic (exact) mass is 273 g/mol. The van der Waals surface area contributed by atoms with Crippen LogP contribution in [0.4, 0.5) is 4.79 Å². The lowest BCUT2D eigenvalue weighted by Crippen LogP contribution is -2.43. The Bertz CT molecular complexity index is 512. The van der Waals surface area contributed by atoms with Gasteiger partial charge in [-0.05, 0) is 25.0 Å². The molecule has 0 spiro atoms. The van der Waals surface area contributed by atoms with Crippen LogP contribution in [0.1, 0.15) is 12.5 Å². The fraction of sp³-hybridized carbons (Fsp3) is 0.357. The number of carbonyl (C=O) groups is 1. The van der Waals surface area contributed by atoms with Gasteiger partial charge in [0.25, 0.3) is 0 Å². The van der Waals surface area contributed by atoms with Gasteiger partial charge in [0.1, 0.15) is 0 Å². The minimum absolute atomic E-state index is 0.0441. The van der Waals surface area contributed by atoms with E-state index in [1.54, 1.807) is 24.9 Å². The lowest BCUT2D eigenvalue weighted by atomic mass is 10.2. The summed E-state index contributed by atoms with van der Waals surface area (Å²) in [6, 6.07) is 3.78. The molecule has 0 unspecified atom stereocenters. The van der Waals surface area contributed by atoms with Crippen molar-refractivity contribution < 1.29 is 4.79 Å². The Balaban J connectivity index is 1.65. The average molecular weight is 273 g/mol. The van der Waals surface area contributed by atoms with Gasteiger partial charge < -0.3 is 15.2 Å². The van der Waals surface area contributed by atoms with Crippen molar-refractivity contribution in [2.75, 3.05) is 6.54 Å². The van der Waals surface area contributed by atoms with Gasteiger partial charge in [-0.3, -0.25) is 4.98 Å². The number of hydrogen-bond acceptors (Lipinski definition) is 3. The van der Waals surface area contributed by atoms with Crippen LogP contribution >= 0.6 is 0 Å². The van der Waals surface area contributed by atoms with Crippen molar-refractivity contribution in [1.29, 1.82) is 0 Å². The molecule has 0 fully saturated rings. The van der Waals surface area contributed by atoms with Gasteiger partial charge in [-0.15, -0.1) is 0 Å². The summed E-state index contributed by atoms with van der Waals surface area (Å²) in [6.07, 6.45) is 9.65. The molecule has 0 bridgehead atoms. The molecule has 106 valence electrons. The molecule has 0 aromatic carbocycles. The Hall–Kier alpha value is -2.37. The molecule has 6 nitrogen and oxygen atoms in total. The maximum absolute atomic E-state index is 11.7. The van der Waals surface area contributed by atoms with Gasteiger partial charge in [-0.2, -0.15) is 0 Å². The van der Waals surface area contributed by atoms with Gasteiger partial charge in [0, 0.05) is 43.9 Å². The van der Waals surface area contributed by atoms with Crippen LogP contribution in [0.2, 0.25) is 0 Å². The summed E-state index contributed by atoms with van der Waals surface area (Å²) in [5.74, 6) is 0. The molecular formula is C14H19N5O. The lowest BCUT2D eigenvalue weighted by Gasteiger charge is -2.15. The Morgan fingerprint density at radius 3 is 3.00 bits per heavy atom. The second-order valence-electron chi connectivity index (χ2n) is 4.67. The van der Waals surface area contributed by atoms with Gasteiger partial charge in [-0.25, -0.2) is 9.78 Å². The first kappa shape index (κ1) is 14.0. The van der Waals surface area contributed by atoms with Crippen molar-refractivity contribution >= 4 is 6.03 Å². The van der Waals surface area contributed by atoms with Gasteiger partial charge in [-0.1, -0.05) is 6.07 Å². The Morgan fingerprint density at radius 1 is 1.40 bits per heavy atom. The third-order valence-corrected chi connectivity index (χ3v) is 2.84. The lowest BCUT2D eigenvalue weighted by molar-refractivity contribution is 0.236. The average Bonchev–Trinajstić information content (AvgIpc) is 2.92. The molecule has 0 aliphatic rings. The highest BCUT2D eigenvalue weighted by molar-refractivity contribution is 5.74. The summed E-state index contributed by atoms with van der Waals surface area (Å²) < 4.78 is 1.93. The van der Waals surface area contributed by atoms with E-state index >= 15 is 0 Å². The molecule has 1 atom stereocenters. The topological polar surface area (TPSA) is 71.8 Å². The predicted molar refractivity (Wildman–Crippen MR) is 76.2 cm³/mol. The predicted octanol–water partition coefficient (Wildman–Crippen LogP) is 1.21. The van der Waals surface area contributed by atoms with Crippen LogP contribution in [0.3, 0.4) is 0 Å². The summed E-state index contributed by atoms with van der Waals surface area (Å²) >= 11 is 0. The Kier molecular flexibility index (Phi) is 5.11. The molecule has 0 saturated carbocycles. The molecule has 0 radical (unpaired) electrons. The Morgan fingerprint density at radius 2 is 2.30 bits per heavy atom. The normalized spacial score (nSPS) is 11.8. The van der Waals surface area contributed by atoms with Crippen molar-refractivity contribution in [1.82, 2.24) is 25.2 Å². The largest absolute Gasteiger partial charge is 0.338 e. The molecule has 2 aromatic rings. The number of hydrogen-bond donors (Lipinski definition) is 2. The Labute approximate surface area is 118 Å². The smallest absolute Gasteiger partial charge is 0.315 e. The van der Waals surface area contributed by atoms with Crippen LogP contribution in [0, 0.1) is 0 Å². The number of amides is 2. The molecule has 0 aliphatic carbocycles. The second-order valence-corrected chi connectivity index (χ2v) is 4.67. The quantitative estimate of drug-likeness (QED) is 0.831. The van der Waals surface area contributed by atoms with Crippen molar-refractivity contribution in [3.05, 3.63) is 48.8 Å². The number of nitrogens with zero attached hydrogens (tertiary/aromatic N) is 3. The van der Waals surface area contributed by atoms with E-state index in [9.17, 15) is 4.79 Å². The zero-order valence-corrected chi connectivity index (χ0v) is 11.5. The molecule has 0 saturated heterocycles. The first-order chi connectivity index (χ1) is 9.74. The van der Waals surface area contributed by atoms with Gasteiger partial charge in [0.05, 0.1) is 6.33 Å². The molecule has 2 aromatic heterocycles. The molecule has 0 aliphatic heterocycles. The number of urea groups is 1. The highest BCUT2D eigenvalue weighted by atomic mass is 16.2. The van der Waals surface area contributed by atoms with E-state index in [4.69, 9.17) is 0 Å². The fourth-order valence-corrected chi connectivity index (χ4v) is 1.90. The van der Waals surface area contributed by atoms with Gasteiger partial charge in [0.15, 0.2) is 0 Å². The van der Waals surface area contributed by atoms with Crippen LogP contribution in [0.15, 0.2) is 43.2 Å². The third-order valence-electron chi connectivity index (χ3n) is 2.84. The summed E-state index contributed by atoms with van der Waals surface area (Å²) in [7, 11) is 0. The van der Waals surface area contributed by atoms with E-state index in [1.807, 2.05) is 29.8 Å². The summed E-state index contributed by atoms with van der Waals surface area (Å²) in [6.45, 7) is 3.26. The molecule has 2 rings (SSSR count). The number of aromatic nitrogens is 3. The first-order valence-corrected chi connectivity index (χ1v) is 6.63. The molecule has 2 heterocycles. The number of carbonyl (C=O) groups excluding carboxylic acids is 1. The number of nitrogens with one attached hydrogen (secondary N) is 2. The van der Waals surface area contributed by atoms with Crippen LogP contribution in [0.5, 0.6) is 0 Å². The zero-order valence-electron chi connectivity index (χ0n) is 11.5.